The Kier molecular flexibility index (Phi) is 3.39. The van der Waals surface area contributed by atoms with Crippen LogP contribution in [0.5, 0.6) is 5.75 Å². The molecule has 0 bridgehead atoms. The Hall–Kier alpha value is -2.34. The fraction of sp³-hybridized carbons (Fsp3) is 0.286. The van der Waals surface area contributed by atoms with Gasteiger partial charge in [-0.15, -0.1) is 0 Å². The minimum Gasteiger partial charge on any atom is -0.497 e. The van der Waals surface area contributed by atoms with Crippen LogP contribution in [0.1, 0.15) is 5.82 Å². The molecular weight excluding hydrogens is 256 g/mol. The van der Waals surface area contributed by atoms with Crippen LogP contribution in [0.2, 0.25) is 0 Å². The van der Waals surface area contributed by atoms with Crippen molar-refractivity contribution in [2.24, 2.45) is 0 Å². The molecule has 0 saturated heterocycles. The summed E-state index contributed by atoms with van der Waals surface area (Å²) in [6.07, 6.45) is 0.744. The minimum atomic E-state index is 0.506. The zero-order valence-corrected chi connectivity index (χ0v) is 11.4. The lowest BCUT2D eigenvalue weighted by molar-refractivity contribution is 0.415. The molecule has 0 unspecified atom stereocenters. The smallest absolute Gasteiger partial charge is 0.274 e. The number of H-pyrrole nitrogens is 1. The van der Waals surface area contributed by atoms with Gasteiger partial charge in [-0.05, 0) is 25.2 Å². The number of nitrogens with zero attached hydrogens (tertiary/aromatic N) is 2. The number of nitrogens with one attached hydrogen (secondary N) is 2. The highest BCUT2D eigenvalue weighted by molar-refractivity contribution is 5.85. The highest BCUT2D eigenvalue weighted by atomic mass is 16.5. The fourth-order valence-electron chi connectivity index (χ4n) is 2.05. The summed E-state index contributed by atoms with van der Waals surface area (Å²) in [5.41, 5.74) is 1.80. The summed E-state index contributed by atoms with van der Waals surface area (Å²) in [5.74, 6) is 2.02. The third kappa shape index (κ3) is 2.37. The summed E-state index contributed by atoms with van der Waals surface area (Å²) < 4.78 is 10.5. The first kappa shape index (κ1) is 12.7. The SMILES string of the molecule is CNCCc1noc(-c2cc3ccc(OC)cc3[nH]2)n1. The number of benzene rings is 1. The van der Waals surface area contributed by atoms with Crippen LogP contribution in [-0.4, -0.2) is 35.8 Å². The van der Waals surface area contributed by atoms with Crippen LogP contribution in [0.4, 0.5) is 0 Å². The van der Waals surface area contributed by atoms with Gasteiger partial charge in [0, 0.05) is 29.9 Å². The molecule has 2 aromatic heterocycles. The van der Waals surface area contributed by atoms with Gasteiger partial charge in [-0.3, -0.25) is 0 Å². The van der Waals surface area contributed by atoms with Crippen LogP contribution in [0.3, 0.4) is 0 Å². The van der Waals surface area contributed by atoms with Crippen molar-refractivity contribution in [3.05, 3.63) is 30.1 Å². The normalized spacial score (nSPS) is 11.1. The van der Waals surface area contributed by atoms with Crippen molar-refractivity contribution in [1.29, 1.82) is 0 Å². The van der Waals surface area contributed by atoms with Crippen molar-refractivity contribution in [2.75, 3.05) is 20.7 Å². The number of ether oxygens (including phenoxy) is 1. The molecule has 6 heteroatoms. The lowest BCUT2D eigenvalue weighted by Crippen LogP contribution is -2.10. The standard InChI is InChI=1S/C14H16N4O2/c1-15-6-5-13-17-14(20-18-13)12-7-9-3-4-10(19-2)8-11(9)16-12/h3-4,7-8,15-16H,5-6H2,1-2H3. The Morgan fingerprint density at radius 1 is 1.35 bits per heavy atom. The van der Waals surface area contributed by atoms with Gasteiger partial charge in [0.05, 0.1) is 7.11 Å². The number of hydrogen-bond acceptors (Lipinski definition) is 5. The van der Waals surface area contributed by atoms with Crippen LogP contribution in [0.25, 0.3) is 22.5 Å². The lowest BCUT2D eigenvalue weighted by Gasteiger charge is -1.97. The molecule has 0 fully saturated rings. The first-order valence-corrected chi connectivity index (χ1v) is 6.44. The molecule has 0 radical (unpaired) electrons. The fourth-order valence-corrected chi connectivity index (χ4v) is 2.05. The van der Waals surface area contributed by atoms with Gasteiger partial charge >= 0.3 is 0 Å². The van der Waals surface area contributed by atoms with E-state index >= 15 is 0 Å². The summed E-state index contributed by atoms with van der Waals surface area (Å²) in [6.45, 7) is 0.822. The molecule has 0 amide bonds. The third-order valence-corrected chi connectivity index (χ3v) is 3.13. The second-order valence-corrected chi connectivity index (χ2v) is 4.51. The van der Waals surface area contributed by atoms with Crippen molar-refractivity contribution in [2.45, 2.75) is 6.42 Å². The van der Waals surface area contributed by atoms with Gasteiger partial charge in [0.1, 0.15) is 11.4 Å². The first-order chi connectivity index (χ1) is 9.80. The van der Waals surface area contributed by atoms with Crippen molar-refractivity contribution in [1.82, 2.24) is 20.4 Å². The Morgan fingerprint density at radius 3 is 3.05 bits per heavy atom. The summed E-state index contributed by atoms with van der Waals surface area (Å²) >= 11 is 0. The molecule has 104 valence electrons. The second kappa shape index (κ2) is 5.34. The molecule has 0 spiro atoms. The van der Waals surface area contributed by atoms with E-state index in [1.165, 1.54) is 0 Å². The van der Waals surface area contributed by atoms with E-state index in [9.17, 15) is 0 Å². The number of aromatic amines is 1. The largest absolute Gasteiger partial charge is 0.497 e. The third-order valence-electron chi connectivity index (χ3n) is 3.13. The summed E-state index contributed by atoms with van der Waals surface area (Å²) in [5, 5.41) is 8.10. The second-order valence-electron chi connectivity index (χ2n) is 4.51. The van der Waals surface area contributed by atoms with Crippen molar-refractivity contribution in [3.8, 4) is 17.3 Å². The van der Waals surface area contributed by atoms with Crippen LogP contribution in [0, 0.1) is 0 Å². The number of methoxy groups -OCH3 is 1. The number of hydrogen-bond donors (Lipinski definition) is 2. The minimum absolute atomic E-state index is 0.506. The van der Waals surface area contributed by atoms with E-state index in [1.54, 1.807) is 7.11 Å². The van der Waals surface area contributed by atoms with Crippen LogP contribution < -0.4 is 10.1 Å². The Balaban J connectivity index is 1.91. The molecule has 3 aromatic rings. The molecule has 3 rings (SSSR count). The maximum atomic E-state index is 5.28. The number of aromatic nitrogens is 3. The molecule has 2 heterocycles. The molecule has 0 saturated carbocycles. The lowest BCUT2D eigenvalue weighted by atomic mass is 10.2. The molecule has 1 aromatic carbocycles. The molecule has 0 atom stereocenters. The molecular formula is C14H16N4O2. The molecule has 0 aliphatic carbocycles. The monoisotopic (exact) mass is 272 g/mol. The molecule has 0 aliphatic heterocycles. The van der Waals surface area contributed by atoms with Crippen LogP contribution in [-0.2, 0) is 6.42 Å². The van der Waals surface area contributed by atoms with Gasteiger partial charge in [-0.25, -0.2) is 0 Å². The van der Waals surface area contributed by atoms with Gasteiger partial charge in [-0.2, -0.15) is 4.98 Å². The van der Waals surface area contributed by atoms with Crippen LogP contribution in [0.15, 0.2) is 28.8 Å². The number of likely N-dealkylation sites (N-methyl/N-ethyl adjacent to an activating group) is 1. The van der Waals surface area contributed by atoms with E-state index < -0.39 is 0 Å². The maximum absolute atomic E-state index is 5.28. The zero-order chi connectivity index (χ0) is 13.9. The van der Waals surface area contributed by atoms with E-state index in [0.29, 0.717) is 11.7 Å². The molecule has 6 nitrogen and oxygen atoms in total. The predicted molar refractivity (Wildman–Crippen MR) is 75.8 cm³/mol. The quantitative estimate of drug-likeness (QED) is 0.743. The highest BCUT2D eigenvalue weighted by Crippen LogP contribution is 2.25. The van der Waals surface area contributed by atoms with E-state index in [4.69, 9.17) is 9.26 Å². The van der Waals surface area contributed by atoms with E-state index in [-0.39, 0.29) is 0 Å². The molecule has 2 N–H and O–H groups in total. The van der Waals surface area contributed by atoms with Gasteiger partial charge < -0.3 is 19.6 Å². The van der Waals surface area contributed by atoms with Gasteiger partial charge in [0.15, 0.2) is 5.82 Å². The Morgan fingerprint density at radius 2 is 2.25 bits per heavy atom. The number of fused-ring (bicyclic) bond motifs is 1. The van der Waals surface area contributed by atoms with Crippen molar-refractivity contribution in [3.63, 3.8) is 0 Å². The molecule has 20 heavy (non-hydrogen) atoms. The zero-order valence-electron chi connectivity index (χ0n) is 11.4. The number of rotatable bonds is 5. The maximum Gasteiger partial charge on any atom is 0.274 e. The van der Waals surface area contributed by atoms with Gasteiger partial charge in [0.25, 0.3) is 5.89 Å². The van der Waals surface area contributed by atoms with Crippen molar-refractivity contribution < 1.29 is 9.26 Å². The highest BCUT2D eigenvalue weighted by Gasteiger charge is 2.11. The van der Waals surface area contributed by atoms with E-state index in [2.05, 4.69) is 20.4 Å². The summed E-state index contributed by atoms with van der Waals surface area (Å²) in [7, 11) is 3.54. The van der Waals surface area contributed by atoms with Gasteiger partial charge in [-0.1, -0.05) is 5.16 Å². The predicted octanol–water partition coefficient (Wildman–Crippen LogP) is 1.99. The summed E-state index contributed by atoms with van der Waals surface area (Å²) in [4.78, 5) is 7.64. The van der Waals surface area contributed by atoms with Crippen LogP contribution >= 0.6 is 0 Å². The Bertz CT molecular complexity index is 717. The van der Waals surface area contributed by atoms with E-state index in [0.717, 1.165) is 35.3 Å². The topological polar surface area (TPSA) is 76.0 Å². The summed E-state index contributed by atoms with van der Waals surface area (Å²) in [6, 6.07) is 7.85. The average Bonchev–Trinajstić information content (AvgIpc) is 3.10. The molecule has 0 aliphatic rings. The van der Waals surface area contributed by atoms with Crippen molar-refractivity contribution >= 4 is 10.9 Å². The Labute approximate surface area is 116 Å². The van der Waals surface area contributed by atoms with Gasteiger partial charge in [0.2, 0.25) is 0 Å². The van der Waals surface area contributed by atoms with E-state index in [1.807, 2.05) is 31.3 Å². The first-order valence-electron chi connectivity index (χ1n) is 6.44. The average molecular weight is 272 g/mol.